The van der Waals surface area contributed by atoms with Crippen LogP contribution in [0.4, 0.5) is 21.6 Å². The van der Waals surface area contributed by atoms with Gasteiger partial charge in [-0.15, -0.1) is 0 Å². The van der Waals surface area contributed by atoms with Crippen LogP contribution in [-0.4, -0.2) is 41.3 Å². The van der Waals surface area contributed by atoms with Gasteiger partial charge < -0.3 is 15.0 Å². The van der Waals surface area contributed by atoms with Crippen molar-refractivity contribution in [1.82, 2.24) is 15.0 Å². The van der Waals surface area contributed by atoms with E-state index in [-0.39, 0.29) is 5.82 Å². The molecule has 1 aliphatic rings. The van der Waals surface area contributed by atoms with Crippen LogP contribution in [0.15, 0.2) is 54.7 Å². The highest BCUT2D eigenvalue weighted by atomic mass is 19.1. The van der Waals surface area contributed by atoms with Gasteiger partial charge in [0.2, 0.25) is 0 Å². The quantitative estimate of drug-likeness (QED) is 0.497. The Bertz CT molecular complexity index is 1360. The predicted octanol–water partition coefficient (Wildman–Crippen LogP) is 4.59. The molecular weight excluding hydrogens is 419 g/mol. The fourth-order valence-corrected chi connectivity index (χ4v) is 3.99. The number of nitrogens with one attached hydrogen (secondary N) is 1. The monoisotopic (exact) mass is 440 g/mol. The van der Waals surface area contributed by atoms with Crippen LogP contribution in [0.5, 0.6) is 0 Å². The SMILES string of the molecule is Cc1c(-c2ccccn2)nc2cc(F)ccc2c1Nc1cc(C#N)nc(N2CCOCC2)c1. The molecular formula is C25H21FN6O. The summed E-state index contributed by atoms with van der Waals surface area (Å²) in [5.41, 5.74) is 4.57. The molecule has 3 aromatic heterocycles. The number of aromatic nitrogens is 3. The molecule has 1 aliphatic heterocycles. The Kier molecular flexibility index (Phi) is 5.55. The van der Waals surface area contributed by atoms with E-state index in [0.717, 1.165) is 22.3 Å². The summed E-state index contributed by atoms with van der Waals surface area (Å²) < 4.78 is 19.5. The van der Waals surface area contributed by atoms with Crippen LogP contribution in [0, 0.1) is 24.1 Å². The molecule has 7 nitrogen and oxygen atoms in total. The number of rotatable bonds is 4. The second-order valence-corrected chi connectivity index (χ2v) is 7.77. The van der Waals surface area contributed by atoms with Crippen LogP contribution < -0.4 is 10.2 Å². The normalized spacial score (nSPS) is 13.7. The van der Waals surface area contributed by atoms with Crippen molar-refractivity contribution in [1.29, 1.82) is 5.26 Å². The van der Waals surface area contributed by atoms with E-state index in [1.165, 1.54) is 12.1 Å². The average molecular weight is 440 g/mol. The number of hydrogen-bond donors (Lipinski definition) is 1. The molecule has 8 heteroatoms. The van der Waals surface area contributed by atoms with Gasteiger partial charge in [0.15, 0.2) is 0 Å². The third kappa shape index (κ3) is 4.19. The molecule has 4 aromatic rings. The molecule has 5 rings (SSSR count). The maximum Gasteiger partial charge on any atom is 0.144 e. The van der Waals surface area contributed by atoms with Crippen LogP contribution in [0.1, 0.15) is 11.3 Å². The summed E-state index contributed by atoms with van der Waals surface area (Å²) in [6, 6.07) is 15.9. The van der Waals surface area contributed by atoms with E-state index < -0.39 is 0 Å². The van der Waals surface area contributed by atoms with Gasteiger partial charge in [-0.2, -0.15) is 5.26 Å². The lowest BCUT2D eigenvalue weighted by Crippen LogP contribution is -2.36. The van der Waals surface area contributed by atoms with Crippen LogP contribution in [-0.2, 0) is 4.74 Å². The number of fused-ring (bicyclic) bond motifs is 1. The largest absolute Gasteiger partial charge is 0.378 e. The Labute approximate surface area is 190 Å². The Hall–Kier alpha value is -4.09. The van der Waals surface area contributed by atoms with Gasteiger partial charge in [-0.1, -0.05) is 6.07 Å². The summed E-state index contributed by atoms with van der Waals surface area (Å²) in [5.74, 6) is 0.355. The molecule has 0 bridgehead atoms. The highest BCUT2D eigenvalue weighted by molar-refractivity contribution is 5.97. The first-order valence-electron chi connectivity index (χ1n) is 10.7. The lowest BCUT2D eigenvalue weighted by molar-refractivity contribution is 0.122. The van der Waals surface area contributed by atoms with Crippen LogP contribution in [0.3, 0.4) is 0 Å². The molecule has 1 saturated heterocycles. The highest BCUT2D eigenvalue weighted by Gasteiger charge is 2.18. The molecule has 0 spiro atoms. The van der Waals surface area contributed by atoms with Crippen LogP contribution in [0.25, 0.3) is 22.3 Å². The lowest BCUT2D eigenvalue weighted by Gasteiger charge is -2.28. The predicted molar refractivity (Wildman–Crippen MR) is 125 cm³/mol. The first kappa shape index (κ1) is 20.8. The number of nitriles is 1. The van der Waals surface area contributed by atoms with Gasteiger partial charge in [0.25, 0.3) is 0 Å². The number of benzene rings is 1. The zero-order valence-electron chi connectivity index (χ0n) is 18.0. The molecule has 0 unspecified atom stereocenters. The Morgan fingerprint density at radius 3 is 2.70 bits per heavy atom. The van der Waals surface area contributed by atoms with Gasteiger partial charge in [0.05, 0.1) is 35.8 Å². The van der Waals surface area contributed by atoms with E-state index in [4.69, 9.17) is 9.72 Å². The number of halogens is 1. The molecule has 164 valence electrons. The molecule has 4 heterocycles. The second-order valence-electron chi connectivity index (χ2n) is 7.77. The second kappa shape index (κ2) is 8.81. The number of morpholine rings is 1. The van der Waals surface area contributed by atoms with Crippen molar-refractivity contribution >= 4 is 28.1 Å². The van der Waals surface area contributed by atoms with Gasteiger partial charge in [-0.3, -0.25) is 4.98 Å². The minimum absolute atomic E-state index is 0.313. The summed E-state index contributed by atoms with van der Waals surface area (Å²) >= 11 is 0. The summed E-state index contributed by atoms with van der Waals surface area (Å²) in [6.07, 6.45) is 1.70. The number of anilines is 3. The van der Waals surface area contributed by atoms with Crippen molar-refractivity contribution in [3.63, 3.8) is 0 Å². The molecule has 0 radical (unpaired) electrons. The van der Waals surface area contributed by atoms with Crippen LogP contribution in [0.2, 0.25) is 0 Å². The topological polar surface area (TPSA) is 87.0 Å². The van der Waals surface area contributed by atoms with E-state index in [1.807, 2.05) is 31.2 Å². The van der Waals surface area contributed by atoms with Gasteiger partial charge in [-0.05, 0) is 37.3 Å². The summed E-state index contributed by atoms with van der Waals surface area (Å²) in [7, 11) is 0. The van der Waals surface area contributed by atoms with Gasteiger partial charge >= 0.3 is 0 Å². The van der Waals surface area contributed by atoms with Crippen molar-refractivity contribution in [3.05, 3.63) is 71.8 Å². The van der Waals surface area contributed by atoms with Crippen molar-refractivity contribution in [3.8, 4) is 17.5 Å². The van der Waals surface area contributed by atoms with Crippen molar-refractivity contribution in [2.75, 3.05) is 36.5 Å². The van der Waals surface area contributed by atoms with Crippen molar-refractivity contribution in [2.45, 2.75) is 6.92 Å². The number of ether oxygens (including phenoxy) is 1. The third-order valence-corrected chi connectivity index (χ3v) is 5.63. The number of pyridine rings is 3. The third-order valence-electron chi connectivity index (χ3n) is 5.63. The summed E-state index contributed by atoms with van der Waals surface area (Å²) in [4.78, 5) is 15.7. The molecule has 0 amide bonds. The lowest BCUT2D eigenvalue weighted by atomic mass is 10.0. The van der Waals surface area contributed by atoms with Crippen LogP contribution >= 0.6 is 0 Å². The first-order chi connectivity index (χ1) is 16.1. The van der Waals surface area contributed by atoms with Crippen molar-refractivity contribution < 1.29 is 9.13 Å². The molecule has 0 atom stereocenters. The maximum absolute atomic E-state index is 14.1. The summed E-state index contributed by atoms with van der Waals surface area (Å²) in [5, 5.41) is 13.8. The highest BCUT2D eigenvalue weighted by Crippen LogP contribution is 2.35. The zero-order chi connectivity index (χ0) is 22.8. The molecule has 1 N–H and O–H groups in total. The number of hydrogen-bond acceptors (Lipinski definition) is 7. The van der Waals surface area contributed by atoms with E-state index in [9.17, 15) is 9.65 Å². The first-order valence-corrected chi connectivity index (χ1v) is 10.7. The minimum atomic E-state index is -0.359. The Morgan fingerprint density at radius 2 is 1.94 bits per heavy atom. The minimum Gasteiger partial charge on any atom is -0.378 e. The molecule has 1 aromatic carbocycles. The zero-order valence-corrected chi connectivity index (χ0v) is 18.0. The molecule has 1 fully saturated rings. The Morgan fingerprint density at radius 1 is 1.09 bits per heavy atom. The van der Waals surface area contributed by atoms with E-state index >= 15 is 0 Å². The fourth-order valence-electron chi connectivity index (χ4n) is 3.99. The van der Waals surface area contributed by atoms with Crippen molar-refractivity contribution in [2.24, 2.45) is 0 Å². The van der Waals surface area contributed by atoms with Gasteiger partial charge in [0.1, 0.15) is 23.4 Å². The molecule has 33 heavy (non-hydrogen) atoms. The Balaban J connectivity index is 1.64. The average Bonchev–Trinajstić information content (AvgIpc) is 2.86. The van der Waals surface area contributed by atoms with Gasteiger partial charge in [-0.25, -0.2) is 14.4 Å². The molecule has 0 saturated carbocycles. The smallest absolute Gasteiger partial charge is 0.144 e. The van der Waals surface area contributed by atoms with E-state index in [2.05, 4.69) is 26.3 Å². The fraction of sp³-hybridized carbons (Fsp3) is 0.200. The molecule has 0 aliphatic carbocycles. The van der Waals surface area contributed by atoms with Gasteiger partial charge in [0, 0.05) is 48.1 Å². The number of nitrogens with zero attached hydrogens (tertiary/aromatic N) is 5. The van der Waals surface area contributed by atoms with E-state index in [1.54, 1.807) is 18.3 Å². The standard InChI is InChI=1S/C25H21FN6O/c1-16-24(30-18-13-19(15-27)29-23(14-18)32-8-10-33-11-9-32)20-6-5-17(26)12-22(20)31-25(16)21-4-2-3-7-28-21/h2-7,12-14H,8-11H2,1H3,(H,29,30,31). The van der Waals surface area contributed by atoms with E-state index in [0.29, 0.717) is 54.7 Å². The maximum atomic E-state index is 14.1. The summed E-state index contributed by atoms with van der Waals surface area (Å²) in [6.45, 7) is 4.61.